The van der Waals surface area contributed by atoms with Gasteiger partial charge in [0.2, 0.25) is 5.91 Å². The van der Waals surface area contributed by atoms with Crippen LogP contribution >= 0.6 is 0 Å². The number of carbonyl (C=O) groups is 3. The number of aliphatic hydroxyl groups is 1. The maximum absolute atomic E-state index is 13.8. The molecule has 0 aliphatic rings. The second-order valence-electron chi connectivity index (χ2n) is 13.4. The number of hydrogen-bond donors (Lipinski definition) is 4. The predicted octanol–water partition coefficient (Wildman–Crippen LogP) is 5.90. The Bertz CT molecular complexity index is 1660. The van der Waals surface area contributed by atoms with Crippen LogP contribution < -0.4 is 10.6 Å². The molecule has 9 heteroatoms. The number of nitrogens with zero attached hydrogens (tertiary/aromatic N) is 2. The SMILES string of the molecule is Cc1ccccc1C(=O)N[C@@H](Cc1ccccc1)[C@@H](O)C[C@@H](Cc1ccc(-c2ccccn2)cc1)NC(=O)[C@@H](N(C)C(=O)O)C(C)(C)C. The third kappa shape index (κ3) is 9.75. The van der Waals surface area contributed by atoms with E-state index < -0.39 is 41.6 Å². The van der Waals surface area contributed by atoms with Crippen molar-refractivity contribution in [2.75, 3.05) is 7.05 Å². The van der Waals surface area contributed by atoms with Crippen LogP contribution in [0.2, 0.25) is 0 Å². The van der Waals surface area contributed by atoms with Gasteiger partial charge < -0.3 is 20.8 Å². The van der Waals surface area contributed by atoms with E-state index in [4.69, 9.17) is 0 Å². The summed E-state index contributed by atoms with van der Waals surface area (Å²) in [5.41, 5.74) is 4.26. The summed E-state index contributed by atoms with van der Waals surface area (Å²) < 4.78 is 0. The summed E-state index contributed by atoms with van der Waals surface area (Å²) in [6, 6.07) is 28.2. The number of pyridine rings is 1. The molecular formula is C39H46N4O5. The average Bonchev–Trinajstić information content (AvgIpc) is 3.05. The molecule has 9 nitrogen and oxygen atoms in total. The lowest BCUT2D eigenvalue weighted by atomic mass is 9.84. The number of aliphatic hydroxyl groups excluding tert-OH is 1. The Kier molecular flexibility index (Phi) is 12.1. The van der Waals surface area contributed by atoms with Crippen LogP contribution in [-0.4, -0.2) is 69.3 Å². The second kappa shape index (κ2) is 16.2. The molecule has 0 bridgehead atoms. The first-order valence-corrected chi connectivity index (χ1v) is 16.2. The fourth-order valence-electron chi connectivity index (χ4n) is 6.04. The van der Waals surface area contributed by atoms with E-state index in [2.05, 4.69) is 15.6 Å². The molecule has 0 unspecified atom stereocenters. The molecule has 4 aromatic rings. The first kappa shape index (κ1) is 35.8. The maximum Gasteiger partial charge on any atom is 0.407 e. The maximum atomic E-state index is 13.8. The Morgan fingerprint density at radius 3 is 2.04 bits per heavy atom. The molecule has 1 heterocycles. The molecule has 4 atom stereocenters. The van der Waals surface area contributed by atoms with Gasteiger partial charge in [0.15, 0.2) is 0 Å². The highest BCUT2D eigenvalue weighted by molar-refractivity contribution is 5.95. The summed E-state index contributed by atoms with van der Waals surface area (Å²) in [4.78, 5) is 44.7. The molecule has 3 aromatic carbocycles. The van der Waals surface area contributed by atoms with Crippen molar-refractivity contribution in [3.63, 3.8) is 0 Å². The number of aromatic nitrogens is 1. The van der Waals surface area contributed by atoms with E-state index in [9.17, 15) is 24.6 Å². The van der Waals surface area contributed by atoms with E-state index in [0.717, 1.165) is 32.8 Å². The van der Waals surface area contributed by atoms with E-state index in [1.54, 1.807) is 18.3 Å². The van der Waals surface area contributed by atoms with Gasteiger partial charge in [-0.05, 0) is 66.5 Å². The number of benzene rings is 3. The Morgan fingerprint density at radius 2 is 1.44 bits per heavy atom. The van der Waals surface area contributed by atoms with E-state index in [1.807, 2.05) is 113 Å². The molecule has 0 saturated heterocycles. The monoisotopic (exact) mass is 650 g/mol. The molecule has 3 amide bonds. The zero-order valence-electron chi connectivity index (χ0n) is 28.3. The number of carboxylic acid groups (broad SMARTS) is 1. The summed E-state index contributed by atoms with van der Waals surface area (Å²) in [6.07, 6.45) is 0.302. The topological polar surface area (TPSA) is 132 Å². The molecule has 4 rings (SSSR count). The lowest BCUT2D eigenvalue weighted by molar-refractivity contribution is -0.129. The quantitative estimate of drug-likeness (QED) is 0.143. The fraction of sp³-hybridized carbons (Fsp3) is 0.333. The number of carbonyl (C=O) groups excluding carboxylic acids is 2. The summed E-state index contributed by atoms with van der Waals surface area (Å²) in [7, 11) is 1.38. The summed E-state index contributed by atoms with van der Waals surface area (Å²) >= 11 is 0. The van der Waals surface area contributed by atoms with Gasteiger partial charge in [-0.2, -0.15) is 0 Å². The van der Waals surface area contributed by atoms with E-state index in [1.165, 1.54) is 7.05 Å². The summed E-state index contributed by atoms with van der Waals surface area (Å²) in [6.45, 7) is 7.30. The van der Waals surface area contributed by atoms with Gasteiger partial charge in [0.25, 0.3) is 5.91 Å². The largest absolute Gasteiger partial charge is 0.465 e. The second-order valence-corrected chi connectivity index (χ2v) is 13.4. The highest BCUT2D eigenvalue weighted by Gasteiger charge is 2.38. The zero-order chi connectivity index (χ0) is 34.8. The molecule has 252 valence electrons. The molecule has 4 N–H and O–H groups in total. The number of likely N-dealkylation sites (N-methyl/N-ethyl adjacent to an activating group) is 1. The van der Waals surface area contributed by atoms with Gasteiger partial charge in [0.05, 0.1) is 17.8 Å². The molecule has 0 fully saturated rings. The predicted molar refractivity (Wildman–Crippen MR) is 188 cm³/mol. The molecule has 0 saturated carbocycles. The number of nitrogens with one attached hydrogen (secondary N) is 2. The Hall–Kier alpha value is -5.02. The van der Waals surface area contributed by atoms with Crippen molar-refractivity contribution in [2.24, 2.45) is 5.41 Å². The molecule has 1 aromatic heterocycles. The molecule has 0 spiro atoms. The standard InChI is InChI=1S/C39H46N4O5/c1-26-13-9-10-16-31(26)36(45)42-33(24-27-14-7-6-8-15-27)34(44)25-30(41-37(46)35(39(2,3)4)43(5)38(47)48)23-28-18-20-29(21-19-28)32-17-11-12-22-40-32/h6-22,30,33-35,44H,23-25H2,1-5H3,(H,41,46)(H,42,45)(H,47,48)/t30-,33+,34+,35-/m1/s1. The lowest BCUT2D eigenvalue weighted by Crippen LogP contribution is -2.57. The smallest absolute Gasteiger partial charge is 0.407 e. The first-order chi connectivity index (χ1) is 22.8. The number of rotatable bonds is 13. The van der Waals surface area contributed by atoms with Crippen molar-refractivity contribution in [3.05, 3.63) is 126 Å². The van der Waals surface area contributed by atoms with E-state index >= 15 is 0 Å². The van der Waals surface area contributed by atoms with Crippen LogP contribution in [0.25, 0.3) is 11.3 Å². The van der Waals surface area contributed by atoms with Gasteiger partial charge >= 0.3 is 6.09 Å². The summed E-state index contributed by atoms with van der Waals surface area (Å²) in [5, 5.41) is 27.7. The van der Waals surface area contributed by atoms with Crippen LogP contribution in [0, 0.1) is 12.3 Å². The van der Waals surface area contributed by atoms with Crippen LogP contribution in [-0.2, 0) is 17.6 Å². The Morgan fingerprint density at radius 1 is 0.812 bits per heavy atom. The lowest BCUT2D eigenvalue weighted by Gasteiger charge is -2.37. The van der Waals surface area contributed by atoms with Crippen molar-refractivity contribution in [2.45, 2.75) is 71.2 Å². The summed E-state index contributed by atoms with van der Waals surface area (Å²) in [5.74, 6) is -0.757. The van der Waals surface area contributed by atoms with Crippen molar-refractivity contribution >= 4 is 17.9 Å². The fourth-order valence-corrected chi connectivity index (χ4v) is 6.04. The van der Waals surface area contributed by atoms with E-state index in [0.29, 0.717) is 18.4 Å². The van der Waals surface area contributed by atoms with Crippen LogP contribution in [0.15, 0.2) is 103 Å². The van der Waals surface area contributed by atoms with Gasteiger partial charge in [-0.3, -0.25) is 19.5 Å². The molecule has 0 radical (unpaired) electrons. The first-order valence-electron chi connectivity index (χ1n) is 16.2. The van der Waals surface area contributed by atoms with Crippen LogP contribution in [0.5, 0.6) is 0 Å². The normalized spacial score (nSPS) is 13.9. The Labute approximate surface area is 283 Å². The number of amides is 3. The minimum Gasteiger partial charge on any atom is -0.465 e. The van der Waals surface area contributed by atoms with Gasteiger partial charge in [-0.1, -0.05) is 99.6 Å². The zero-order valence-corrected chi connectivity index (χ0v) is 28.3. The molecule has 0 aliphatic carbocycles. The molecule has 48 heavy (non-hydrogen) atoms. The number of aryl methyl sites for hydroxylation is 1. The highest BCUT2D eigenvalue weighted by atomic mass is 16.4. The average molecular weight is 651 g/mol. The van der Waals surface area contributed by atoms with Crippen molar-refractivity contribution in [3.8, 4) is 11.3 Å². The van der Waals surface area contributed by atoms with Gasteiger partial charge in [0.1, 0.15) is 6.04 Å². The van der Waals surface area contributed by atoms with Gasteiger partial charge in [-0.25, -0.2) is 4.79 Å². The van der Waals surface area contributed by atoms with Crippen LogP contribution in [0.1, 0.15) is 54.2 Å². The highest BCUT2D eigenvalue weighted by Crippen LogP contribution is 2.25. The Balaban J connectivity index is 1.63. The van der Waals surface area contributed by atoms with Crippen molar-refractivity contribution in [1.29, 1.82) is 0 Å². The van der Waals surface area contributed by atoms with Gasteiger partial charge in [-0.15, -0.1) is 0 Å². The third-order valence-corrected chi connectivity index (χ3v) is 8.50. The van der Waals surface area contributed by atoms with Crippen molar-refractivity contribution < 1.29 is 24.6 Å². The van der Waals surface area contributed by atoms with E-state index in [-0.39, 0.29) is 12.3 Å². The minimum absolute atomic E-state index is 0.104. The van der Waals surface area contributed by atoms with Crippen molar-refractivity contribution in [1.82, 2.24) is 20.5 Å². The minimum atomic E-state index is -1.21. The van der Waals surface area contributed by atoms with Crippen LogP contribution in [0.3, 0.4) is 0 Å². The molecule has 0 aliphatic heterocycles. The third-order valence-electron chi connectivity index (χ3n) is 8.50. The number of hydrogen-bond acceptors (Lipinski definition) is 5. The van der Waals surface area contributed by atoms with Crippen LogP contribution in [0.4, 0.5) is 4.79 Å². The van der Waals surface area contributed by atoms with Gasteiger partial charge in [0, 0.05) is 30.4 Å². The molecular weight excluding hydrogens is 604 g/mol.